The molecule has 0 atom stereocenters. The highest BCUT2D eigenvalue weighted by atomic mass is 19.2. The van der Waals surface area contributed by atoms with Gasteiger partial charge in [0, 0.05) is 0 Å². The molecule has 0 heterocycles. The van der Waals surface area contributed by atoms with E-state index in [2.05, 4.69) is 0 Å². The van der Waals surface area contributed by atoms with E-state index in [-0.39, 0.29) is 0 Å². The minimum absolute atomic E-state index is 1.21. The van der Waals surface area contributed by atoms with Gasteiger partial charge in [0.2, 0.25) is 0 Å². The molecule has 0 aromatic rings. The Bertz CT molecular complexity index is 25.2. The fourth-order valence-electron chi connectivity index (χ4n) is 0.0412. The Kier molecular flexibility index (Phi) is 2.89. The van der Waals surface area contributed by atoms with Crippen LogP contribution in [0, 0.1) is 0 Å². The van der Waals surface area contributed by atoms with Crippen molar-refractivity contribution in [2.24, 2.45) is 0 Å². The van der Waals surface area contributed by atoms with Gasteiger partial charge in [0.05, 0.1) is 0 Å². The fraction of sp³-hybridized carbons (Fsp3) is 1.00. The van der Waals surface area contributed by atoms with Gasteiger partial charge >= 0.3 is 0 Å². The van der Waals surface area contributed by atoms with Crippen molar-refractivity contribution in [3.63, 3.8) is 0 Å². The zero-order chi connectivity index (χ0) is 4.99. The molecule has 38 valence electrons. The first-order chi connectivity index (χ1) is 2.81. The second kappa shape index (κ2) is 3.00. The summed E-state index contributed by atoms with van der Waals surface area (Å²) in [5, 5.41) is 0. The third-order valence-corrected chi connectivity index (χ3v) is 0.335. The number of rotatable bonds is 2. The van der Waals surface area contributed by atoms with Gasteiger partial charge in [-0.2, -0.15) is 0 Å². The smallest absolute Gasteiger partial charge is 0.156 e. The molecule has 0 rings (SSSR count). The van der Waals surface area contributed by atoms with Gasteiger partial charge in [0.25, 0.3) is 0 Å². The molecule has 0 saturated heterocycles. The van der Waals surface area contributed by atoms with Crippen molar-refractivity contribution < 1.29 is 13.2 Å². The van der Waals surface area contributed by atoms with Crippen LogP contribution in [0.15, 0.2) is 0 Å². The van der Waals surface area contributed by atoms with Gasteiger partial charge in [-0.3, -0.25) is 0 Å². The average Bonchev–Trinajstić information content (AvgIpc) is 1.65. The first-order valence-electron chi connectivity index (χ1n) is 1.57. The maximum absolute atomic E-state index is 11.1. The second-order valence-electron chi connectivity index (χ2n) is 0.906. The summed E-state index contributed by atoms with van der Waals surface area (Å²) in [6.45, 7) is -2.42. The first-order valence-corrected chi connectivity index (χ1v) is 1.57. The van der Waals surface area contributed by atoms with Crippen LogP contribution in [0.5, 0.6) is 0 Å². The molecule has 0 fully saturated rings. The molecule has 0 aliphatic heterocycles. The van der Waals surface area contributed by atoms with E-state index in [9.17, 15) is 13.2 Å². The molecule has 3 heteroatoms. The molecule has 0 bridgehead atoms. The van der Waals surface area contributed by atoms with Crippen molar-refractivity contribution in [1.29, 1.82) is 0 Å². The lowest BCUT2D eigenvalue weighted by molar-refractivity contribution is 0.212. The highest BCUT2D eigenvalue weighted by Gasteiger charge is 2.00. The van der Waals surface area contributed by atoms with Crippen LogP contribution in [-0.4, -0.2) is 19.5 Å². The van der Waals surface area contributed by atoms with Crippen LogP contribution in [0.25, 0.3) is 0 Å². The summed E-state index contributed by atoms with van der Waals surface area (Å²) in [5.41, 5.74) is 0. The number of hydrogen-bond donors (Lipinski definition) is 0. The summed E-state index contributed by atoms with van der Waals surface area (Å²) in [5.74, 6) is 0. The quantitative estimate of drug-likeness (QED) is 0.487. The summed E-state index contributed by atoms with van der Waals surface area (Å²) in [6, 6.07) is 0. The van der Waals surface area contributed by atoms with E-state index < -0.39 is 19.5 Å². The summed E-state index contributed by atoms with van der Waals surface area (Å²) < 4.78 is 32.7. The largest absolute Gasteiger partial charge is 0.248 e. The summed E-state index contributed by atoms with van der Waals surface area (Å²) in [6.07, 6.45) is -1.90. The van der Waals surface area contributed by atoms with Crippen molar-refractivity contribution in [3.05, 3.63) is 0 Å². The summed E-state index contributed by atoms with van der Waals surface area (Å²) in [7, 11) is 0. The third-order valence-electron chi connectivity index (χ3n) is 0.335. The number of alkyl halides is 3. The molecule has 0 aromatic heterocycles. The van der Waals surface area contributed by atoms with Gasteiger partial charge in [0.1, 0.15) is 13.3 Å². The van der Waals surface area contributed by atoms with E-state index in [1.165, 1.54) is 0 Å². The Morgan fingerprint density at radius 2 is 1.50 bits per heavy atom. The Morgan fingerprint density at radius 1 is 1.17 bits per heavy atom. The van der Waals surface area contributed by atoms with Crippen molar-refractivity contribution in [2.75, 3.05) is 13.3 Å². The van der Waals surface area contributed by atoms with Gasteiger partial charge in [-0.1, -0.05) is 0 Å². The van der Waals surface area contributed by atoms with Crippen LogP contribution in [0.3, 0.4) is 0 Å². The molecule has 0 aromatic carbocycles. The van der Waals surface area contributed by atoms with Gasteiger partial charge in [-0.15, -0.1) is 0 Å². The normalized spacial score (nSPS) is 10.0. The van der Waals surface area contributed by atoms with E-state index in [0.29, 0.717) is 0 Å². The van der Waals surface area contributed by atoms with Crippen LogP contribution in [-0.2, 0) is 0 Å². The van der Waals surface area contributed by atoms with Crippen LogP contribution in [0.2, 0.25) is 0 Å². The Morgan fingerprint density at radius 3 is 1.50 bits per heavy atom. The summed E-state index contributed by atoms with van der Waals surface area (Å²) in [4.78, 5) is 0. The second-order valence-corrected chi connectivity index (χ2v) is 0.906. The zero-order valence-electron chi connectivity index (χ0n) is 3.13. The van der Waals surface area contributed by atoms with Gasteiger partial charge in [-0.05, 0) is 0 Å². The standard InChI is InChI=1S/C3H5F3/c4-1-3(6)2-5/h3H,1-2H2. The molecule has 0 spiro atoms. The maximum atomic E-state index is 11.1. The SMILES string of the molecule is FCC(F)CF. The maximum Gasteiger partial charge on any atom is 0.156 e. The third kappa shape index (κ3) is 2.05. The molecule has 0 unspecified atom stereocenters. The molecule has 0 nitrogen and oxygen atoms in total. The Balaban J connectivity index is 2.75. The molecule has 0 radical (unpaired) electrons. The molecule has 0 amide bonds. The highest BCUT2D eigenvalue weighted by molar-refractivity contribution is 4.46. The predicted octanol–water partition coefficient (Wildman–Crippen LogP) is 1.26. The summed E-state index contributed by atoms with van der Waals surface area (Å²) >= 11 is 0. The predicted molar refractivity (Wildman–Crippen MR) is 16.8 cm³/mol. The van der Waals surface area contributed by atoms with E-state index in [1.54, 1.807) is 0 Å². The highest BCUT2D eigenvalue weighted by Crippen LogP contribution is 1.89. The van der Waals surface area contributed by atoms with E-state index in [1.807, 2.05) is 0 Å². The molecule has 6 heavy (non-hydrogen) atoms. The zero-order valence-corrected chi connectivity index (χ0v) is 3.13. The minimum atomic E-state index is -1.90. The van der Waals surface area contributed by atoms with Crippen LogP contribution in [0.1, 0.15) is 0 Å². The van der Waals surface area contributed by atoms with Gasteiger partial charge in [-0.25, -0.2) is 13.2 Å². The Labute approximate surface area is 34.0 Å². The first kappa shape index (κ1) is 5.79. The molecule has 0 saturated carbocycles. The van der Waals surface area contributed by atoms with E-state index in [4.69, 9.17) is 0 Å². The monoisotopic (exact) mass is 98.0 g/mol. The number of halogens is 3. The van der Waals surface area contributed by atoms with E-state index >= 15 is 0 Å². The van der Waals surface area contributed by atoms with Crippen molar-refractivity contribution in [1.82, 2.24) is 0 Å². The van der Waals surface area contributed by atoms with Crippen molar-refractivity contribution in [2.45, 2.75) is 6.17 Å². The average molecular weight is 98.1 g/mol. The lowest BCUT2D eigenvalue weighted by Gasteiger charge is -1.88. The molecular weight excluding hydrogens is 93.0 g/mol. The topological polar surface area (TPSA) is 0 Å². The van der Waals surface area contributed by atoms with Crippen LogP contribution in [0.4, 0.5) is 13.2 Å². The lowest BCUT2D eigenvalue weighted by atomic mass is 10.5. The van der Waals surface area contributed by atoms with Crippen LogP contribution < -0.4 is 0 Å². The Hall–Kier alpha value is -0.210. The fourth-order valence-corrected chi connectivity index (χ4v) is 0.0412. The molecular formula is C3H5F3. The van der Waals surface area contributed by atoms with Gasteiger partial charge < -0.3 is 0 Å². The van der Waals surface area contributed by atoms with Crippen LogP contribution >= 0.6 is 0 Å². The number of hydrogen-bond acceptors (Lipinski definition) is 0. The van der Waals surface area contributed by atoms with Crippen molar-refractivity contribution in [3.8, 4) is 0 Å². The lowest BCUT2D eigenvalue weighted by Crippen LogP contribution is -2.03. The van der Waals surface area contributed by atoms with Crippen molar-refractivity contribution >= 4 is 0 Å². The minimum Gasteiger partial charge on any atom is -0.248 e. The molecule has 0 N–H and O–H groups in total. The molecule has 0 aliphatic carbocycles. The molecule has 0 aliphatic rings. The van der Waals surface area contributed by atoms with Gasteiger partial charge in [0.15, 0.2) is 6.17 Å². The van der Waals surface area contributed by atoms with E-state index in [0.717, 1.165) is 0 Å².